The molecule has 2 bridgehead atoms. The van der Waals surface area contributed by atoms with Crippen LogP contribution in [-0.4, -0.2) is 59.9 Å². The number of aryl methyl sites for hydroxylation is 1. The van der Waals surface area contributed by atoms with Gasteiger partial charge in [-0.25, -0.2) is 0 Å². The summed E-state index contributed by atoms with van der Waals surface area (Å²) in [6.07, 6.45) is 7.44. The van der Waals surface area contributed by atoms with Crippen molar-refractivity contribution in [2.45, 2.75) is 89.3 Å². The summed E-state index contributed by atoms with van der Waals surface area (Å²) in [5.74, 6) is 1.42. The quantitative estimate of drug-likeness (QED) is 0.170. The Morgan fingerprint density at radius 3 is 2.25 bits per heavy atom. The minimum absolute atomic E-state index is 0. The summed E-state index contributed by atoms with van der Waals surface area (Å²) in [4.78, 5) is 41.3. The lowest BCUT2D eigenvalue weighted by Gasteiger charge is -2.48. The summed E-state index contributed by atoms with van der Waals surface area (Å²) in [6.45, 7) is 10.00. The Hall–Kier alpha value is -2.00. The average Bonchev–Trinajstić information content (AvgIpc) is 2.85. The molecule has 0 saturated heterocycles. The number of nitrogens with zero attached hydrogens (tertiary/aromatic N) is 1. The van der Waals surface area contributed by atoms with E-state index in [0.29, 0.717) is 50.7 Å². The molecule has 0 spiro atoms. The zero-order valence-corrected chi connectivity index (χ0v) is 25.8. The fourth-order valence-electron chi connectivity index (χ4n) is 6.77. The SMILES string of the molecule is [CH2+]CCN(CC[NH3+])C(=O)CC([NH3+])C(=O)NC(CCc1ccccc1)C(=O)NC1(C)CC2CC(C)CC(C2)C1.[Cl-].[Cl-]. The van der Waals surface area contributed by atoms with Gasteiger partial charge in [0.05, 0.1) is 33.0 Å². The zero-order chi connectivity index (χ0) is 27.7. The number of hydrogen-bond donors (Lipinski definition) is 4. The van der Waals surface area contributed by atoms with Crippen molar-refractivity contribution in [2.24, 2.45) is 17.8 Å². The van der Waals surface area contributed by atoms with E-state index in [4.69, 9.17) is 0 Å². The van der Waals surface area contributed by atoms with Crippen LogP contribution in [0.5, 0.6) is 0 Å². The Kier molecular flexibility index (Phi) is 15.4. The predicted octanol–water partition coefficient (Wildman–Crippen LogP) is -4.87. The maximum absolute atomic E-state index is 13.6. The Morgan fingerprint density at radius 1 is 1.05 bits per heavy atom. The molecule has 4 unspecified atom stereocenters. The minimum Gasteiger partial charge on any atom is -1.00 e. The first-order valence-corrected chi connectivity index (χ1v) is 14.5. The summed E-state index contributed by atoms with van der Waals surface area (Å²) in [5, 5.41) is 6.30. The number of rotatable bonds is 13. The summed E-state index contributed by atoms with van der Waals surface area (Å²) in [7, 11) is 0. The van der Waals surface area contributed by atoms with E-state index in [1.165, 1.54) is 19.3 Å². The molecule has 2 saturated carbocycles. The van der Waals surface area contributed by atoms with Crippen molar-refractivity contribution in [3.63, 3.8) is 0 Å². The molecular weight excluding hydrogens is 549 g/mol. The van der Waals surface area contributed by atoms with Gasteiger partial charge in [-0.15, -0.1) is 0 Å². The molecule has 2 fully saturated rings. The van der Waals surface area contributed by atoms with E-state index in [9.17, 15) is 14.4 Å². The minimum atomic E-state index is -0.780. The van der Waals surface area contributed by atoms with Crippen LogP contribution in [0.2, 0.25) is 0 Å². The predicted molar refractivity (Wildman–Crippen MR) is 148 cm³/mol. The summed E-state index contributed by atoms with van der Waals surface area (Å²) in [6, 6.07) is 8.52. The van der Waals surface area contributed by atoms with Gasteiger partial charge in [-0.2, -0.15) is 0 Å². The van der Waals surface area contributed by atoms with Crippen LogP contribution in [0.3, 0.4) is 0 Å². The first-order chi connectivity index (χ1) is 18.1. The van der Waals surface area contributed by atoms with Gasteiger partial charge in [-0.05, 0) is 75.2 Å². The molecule has 1 aromatic carbocycles. The average molecular weight is 600 g/mol. The Bertz CT molecular complexity index is 911. The molecule has 40 heavy (non-hydrogen) atoms. The highest BCUT2D eigenvalue weighted by atomic mass is 35.5. The maximum Gasteiger partial charge on any atom is 0.279 e. The van der Waals surface area contributed by atoms with E-state index in [1.807, 2.05) is 30.3 Å². The molecule has 8 N–H and O–H groups in total. The highest BCUT2D eigenvalue weighted by Gasteiger charge is 2.42. The molecule has 0 heterocycles. The van der Waals surface area contributed by atoms with Gasteiger partial charge < -0.3 is 51.8 Å². The van der Waals surface area contributed by atoms with Gasteiger partial charge in [0, 0.05) is 5.54 Å². The van der Waals surface area contributed by atoms with Crippen LogP contribution >= 0.6 is 0 Å². The molecule has 0 radical (unpaired) electrons. The van der Waals surface area contributed by atoms with Crippen molar-refractivity contribution >= 4 is 17.7 Å². The first-order valence-electron chi connectivity index (χ1n) is 14.5. The number of amides is 3. The number of benzene rings is 1. The molecule has 1 aromatic rings. The lowest BCUT2D eigenvalue weighted by Crippen LogP contribution is -3.00. The van der Waals surface area contributed by atoms with Crippen molar-refractivity contribution in [2.75, 3.05) is 19.6 Å². The van der Waals surface area contributed by atoms with Crippen LogP contribution in [0.1, 0.15) is 70.8 Å². The number of carbonyl (C=O) groups is 3. The highest BCUT2D eigenvalue weighted by Crippen LogP contribution is 2.46. The zero-order valence-electron chi connectivity index (χ0n) is 24.3. The van der Waals surface area contributed by atoms with Crippen LogP contribution in [0.15, 0.2) is 30.3 Å². The summed E-state index contributed by atoms with van der Waals surface area (Å²) < 4.78 is 0. The van der Waals surface area contributed by atoms with Gasteiger partial charge in [0.25, 0.3) is 5.91 Å². The molecule has 2 aliphatic carbocycles. The number of nitrogens with one attached hydrogen (secondary N) is 2. The van der Waals surface area contributed by atoms with Gasteiger partial charge in [-0.3, -0.25) is 14.4 Å². The van der Waals surface area contributed by atoms with E-state index < -0.39 is 12.1 Å². The molecule has 2 aliphatic rings. The lowest BCUT2D eigenvalue weighted by atomic mass is 9.62. The van der Waals surface area contributed by atoms with Gasteiger partial charge in [-0.1, -0.05) is 37.3 Å². The standard InChI is InChI=1S/C30H47N5O3.2ClH/c1-4-13-35(14-12-31)27(36)18-25(32)28(37)33-26(11-10-22-8-6-5-7-9-22)29(38)34-30(3)19-23-15-21(2)16-24(17-23)20-30;;/h5-9,21,23-26H,1,4,10-20,31-32H2,2-3H3,(H-,33,34,37,38);2*1H/p+1. The topological polar surface area (TPSA) is 134 Å². The molecule has 10 heteroatoms. The van der Waals surface area contributed by atoms with Crippen molar-refractivity contribution in [3.8, 4) is 0 Å². The third-order valence-corrected chi connectivity index (χ3v) is 8.24. The van der Waals surface area contributed by atoms with E-state index in [0.717, 1.165) is 24.3 Å². The van der Waals surface area contributed by atoms with Crippen LogP contribution < -0.4 is 46.9 Å². The number of halogens is 2. The molecule has 3 rings (SSSR count). The Morgan fingerprint density at radius 2 is 1.68 bits per heavy atom. The molecule has 4 atom stereocenters. The van der Waals surface area contributed by atoms with Crippen molar-refractivity contribution in [1.82, 2.24) is 15.5 Å². The van der Waals surface area contributed by atoms with Crippen molar-refractivity contribution in [1.29, 1.82) is 0 Å². The molecule has 8 nitrogen and oxygen atoms in total. The van der Waals surface area contributed by atoms with Gasteiger partial charge in [0.2, 0.25) is 11.8 Å². The van der Waals surface area contributed by atoms with Crippen LogP contribution in [0.25, 0.3) is 0 Å². The Labute approximate surface area is 253 Å². The number of fused-ring (bicyclic) bond motifs is 2. The van der Waals surface area contributed by atoms with Crippen molar-refractivity contribution < 1.29 is 50.7 Å². The third kappa shape index (κ3) is 10.8. The van der Waals surface area contributed by atoms with E-state index in [1.54, 1.807) is 4.90 Å². The van der Waals surface area contributed by atoms with Gasteiger partial charge in [0.1, 0.15) is 12.5 Å². The van der Waals surface area contributed by atoms with E-state index in [2.05, 4.69) is 42.9 Å². The van der Waals surface area contributed by atoms with Crippen LogP contribution in [0, 0.1) is 24.7 Å². The highest BCUT2D eigenvalue weighted by molar-refractivity contribution is 5.91. The normalized spacial score (nSPS) is 24.9. The second kappa shape index (κ2) is 17.1. The second-order valence-corrected chi connectivity index (χ2v) is 12.1. The molecule has 3 amide bonds. The summed E-state index contributed by atoms with van der Waals surface area (Å²) in [5.41, 5.74) is 8.65. The maximum atomic E-state index is 13.6. The second-order valence-electron chi connectivity index (χ2n) is 12.1. The Balaban J connectivity index is 0.00000400. The number of quaternary nitrogens is 2. The summed E-state index contributed by atoms with van der Waals surface area (Å²) >= 11 is 0. The fraction of sp³-hybridized carbons (Fsp3) is 0.667. The van der Waals surface area contributed by atoms with Crippen LogP contribution in [-0.2, 0) is 20.8 Å². The van der Waals surface area contributed by atoms with E-state index >= 15 is 0 Å². The molecule has 0 aliphatic heterocycles. The lowest BCUT2D eigenvalue weighted by molar-refractivity contribution is -0.403. The molecule has 0 aromatic heterocycles. The first kappa shape index (κ1) is 36.0. The van der Waals surface area contributed by atoms with Gasteiger partial charge in [0.15, 0.2) is 6.04 Å². The van der Waals surface area contributed by atoms with E-state index in [-0.39, 0.29) is 54.5 Å². The van der Waals surface area contributed by atoms with Crippen molar-refractivity contribution in [3.05, 3.63) is 42.8 Å². The third-order valence-electron chi connectivity index (χ3n) is 8.24. The molecular formula is C30H50Cl2N5O3+. The van der Waals surface area contributed by atoms with Crippen LogP contribution in [0.4, 0.5) is 0 Å². The van der Waals surface area contributed by atoms with Gasteiger partial charge >= 0.3 is 0 Å². The fourth-order valence-corrected chi connectivity index (χ4v) is 6.77. The monoisotopic (exact) mass is 598 g/mol. The number of carbonyl (C=O) groups excluding carboxylic acids is 3. The smallest absolute Gasteiger partial charge is 0.279 e. The molecule has 226 valence electrons. The largest absolute Gasteiger partial charge is 1.00 e. The number of hydrogen-bond acceptors (Lipinski definition) is 3.